The van der Waals surface area contributed by atoms with Crippen molar-refractivity contribution >= 4 is 11.6 Å². The lowest BCUT2D eigenvalue weighted by Gasteiger charge is -2.40. The summed E-state index contributed by atoms with van der Waals surface area (Å²) in [5.74, 6) is -0.255. The maximum atomic E-state index is 14.8. The van der Waals surface area contributed by atoms with Gasteiger partial charge in [0.05, 0.1) is 30.5 Å². The van der Waals surface area contributed by atoms with Crippen molar-refractivity contribution < 1.29 is 18.7 Å². The summed E-state index contributed by atoms with van der Waals surface area (Å²) in [5.41, 5.74) is 1.30. The van der Waals surface area contributed by atoms with Crippen molar-refractivity contribution in [3.05, 3.63) is 66.1 Å². The zero-order valence-electron chi connectivity index (χ0n) is 18.0. The number of halogens is 1. The van der Waals surface area contributed by atoms with E-state index in [0.29, 0.717) is 64.3 Å². The van der Waals surface area contributed by atoms with Crippen LogP contribution in [0.1, 0.15) is 24.1 Å². The first-order valence-electron chi connectivity index (χ1n) is 11.1. The number of aromatic nitrogens is 3. The summed E-state index contributed by atoms with van der Waals surface area (Å²) in [5, 5.41) is 0. The second-order valence-electron chi connectivity index (χ2n) is 8.64. The van der Waals surface area contributed by atoms with Gasteiger partial charge in [-0.2, -0.15) is 0 Å². The highest BCUT2D eigenvalue weighted by molar-refractivity contribution is 5.88. The Bertz CT molecular complexity index is 1100. The second kappa shape index (κ2) is 8.96. The molecule has 1 aromatic carbocycles. The first-order chi connectivity index (χ1) is 15.7. The molecule has 2 aliphatic heterocycles. The molecule has 7 nitrogen and oxygen atoms in total. The fourth-order valence-electron chi connectivity index (χ4n) is 4.93. The number of amides is 1. The van der Waals surface area contributed by atoms with Crippen LogP contribution in [0.2, 0.25) is 0 Å². The molecule has 0 N–H and O–H groups in total. The first-order valence-corrected chi connectivity index (χ1v) is 11.1. The molecule has 0 aliphatic carbocycles. The van der Waals surface area contributed by atoms with Gasteiger partial charge in [-0.3, -0.25) is 9.78 Å². The predicted molar refractivity (Wildman–Crippen MR) is 116 cm³/mol. The standard InChI is InChI=1S/C24H27FN4O3/c25-21-4-2-1-3-20(21)24(5-10-31-11-6-24)23(30)29-9-12-32-17-18(15-29)13-19-16-28-8-7-26-22(28)14-27-19/h1-4,7-8,14,16,18H,5-6,9-13,15,17H2/t18-/m1/s1. The van der Waals surface area contributed by atoms with Crippen LogP contribution in [0.3, 0.4) is 0 Å². The van der Waals surface area contributed by atoms with E-state index in [-0.39, 0.29) is 17.6 Å². The molecule has 0 spiro atoms. The Morgan fingerprint density at radius 2 is 2.00 bits per heavy atom. The van der Waals surface area contributed by atoms with Gasteiger partial charge in [-0.1, -0.05) is 18.2 Å². The monoisotopic (exact) mass is 438 g/mol. The van der Waals surface area contributed by atoms with Gasteiger partial charge in [-0.25, -0.2) is 9.37 Å². The molecule has 8 heteroatoms. The number of carbonyl (C=O) groups excluding carboxylic acids is 1. The second-order valence-corrected chi connectivity index (χ2v) is 8.64. The van der Waals surface area contributed by atoms with Crippen molar-refractivity contribution in [2.24, 2.45) is 5.92 Å². The van der Waals surface area contributed by atoms with Gasteiger partial charge >= 0.3 is 0 Å². The number of carbonyl (C=O) groups is 1. The van der Waals surface area contributed by atoms with Crippen LogP contribution in [0.5, 0.6) is 0 Å². The Morgan fingerprint density at radius 3 is 2.84 bits per heavy atom. The van der Waals surface area contributed by atoms with Crippen molar-refractivity contribution in [2.45, 2.75) is 24.7 Å². The molecule has 1 amide bonds. The molecule has 4 heterocycles. The van der Waals surface area contributed by atoms with E-state index in [0.717, 1.165) is 11.3 Å². The number of imidazole rings is 1. The van der Waals surface area contributed by atoms with Crippen molar-refractivity contribution in [3.8, 4) is 0 Å². The van der Waals surface area contributed by atoms with Gasteiger partial charge in [-0.15, -0.1) is 0 Å². The molecular formula is C24H27FN4O3. The highest BCUT2D eigenvalue weighted by Gasteiger charge is 2.46. The van der Waals surface area contributed by atoms with Crippen LogP contribution in [-0.2, 0) is 26.1 Å². The van der Waals surface area contributed by atoms with Crippen LogP contribution >= 0.6 is 0 Å². The number of hydrogen-bond acceptors (Lipinski definition) is 5. The van der Waals surface area contributed by atoms with Crippen LogP contribution in [0.4, 0.5) is 4.39 Å². The van der Waals surface area contributed by atoms with E-state index < -0.39 is 5.41 Å². The fraction of sp³-hybridized carbons (Fsp3) is 0.458. The van der Waals surface area contributed by atoms with Gasteiger partial charge in [0.15, 0.2) is 5.65 Å². The lowest BCUT2D eigenvalue weighted by Crippen LogP contribution is -2.51. The van der Waals surface area contributed by atoms with Crippen LogP contribution in [0, 0.1) is 11.7 Å². The Labute approximate surface area is 186 Å². The predicted octanol–water partition coefficient (Wildman–Crippen LogP) is 2.63. The topological polar surface area (TPSA) is 69.0 Å². The van der Waals surface area contributed by atoms with Crippen molar-refractivity contribution in [1.82, 2.24) is 19.3 Å². The Balaban J connectivity index is 1.39. The van der Waals surface area contributed by atoms with E-state index in [4.69, 9.17) is 9.47 Å². The van der Waals surface area contributed by atoms with Gasteiger partial charge in [0.2, 0.25) is 5.91 Å². The third-order valence-corrected chi connectivity index (χ3v) is 6.60. The molecule has 32 heavy (non-hydrogen) atoms. The SMILES string of the molecule is O=C(N1CCOC[C@H](Cc2cn3ccnc3cn2)C1)C1(c2ccccc2F)CCOCC1. The lowest BCUT2D eigenvalue weighted by atomic mass is 9.72. The molecule has 3 aromatic rings. The summed E-state index contributed by atoms with van der Waals surface area (Å²) < 4.78 is 28.2. The van der Waals surface area contributed by atoms with Crippen LogP contribution < -0.4 is 0 Å². The number of fused-ring (bicyclic) bond motifs is 1. The summed E-state index contributed by atoms with van der Waals surface area (Å²) >= 11 is 0. The van der Waals surface area contributed by atoms with E-state index in [1.54, 1.807) is 30.6 Å². The minimum atomic E-state index is -0.896. The number of ether oxygens (including phenoxy) is 2. The van der Waals surface area contributed by atoms with E-state index in [9.17, 15) is 9.18 Å². The summed E-state index contributed by atoms with van der Waals surface area (Å²) in [4.78, 5) is 24.6. The number of benzene rings is 1. The number of rotatable bonds is 4. The third kappa shape index (κ3) is 4.00. The Morgan fingerprint density at radius 1 is 1.16 bits per heavy atom. The largest absolute Gasteiger partial charge is 0.381 e. The lowest BCUT2D eigenvalue weighted by molar-refractivity contribution is -0.142. The van der Waals surface area contributed by atoms with Crippen LogP contribution in [0.25, 0.3) is 5.65 Å². The molecule has 2 fully saturated rings. The summed E-state index contributed by atoms with van der Waals surface area (Å²) in [6.45, 7) is 2.98. The molecule has 2 aliphatic rings. The summed E-state index contributed by atoms with van der Waals surface area (Å²) in [6, 6.07) is 6.64. The first kappa shape index (κ1) is 21.0. The van der Waals surface area contributed by atoms with E-state index >= 15 is 0 Å². The van der Waals surface area contributed by atoms with Crippen molar-refractivity contribution in [2.75, 3.05) is 39.5 Å². The Hall–Kier alpha value is -2.84. The van der Waals surface area contributed by atoms with Crippen molar-refractivity contribution in [3.63, 3.8) is 0 Å². The molecule has 0 radical (unpaired) electrons. The minimum absolute atomic E-state index is 0.0283. The average molecular weight is 439 g/mol. The molecule has 2 saturated heterocycles. The quantitative estimate of drug-likeness (QED) is 0.627. The maximum Gasteiger partial charge on any atom is 0.233 e. The fourth-order valence-corrected chi connectivity index (χ4v) is 4.93. The summed E-state index contributed by atoms with van der Waals surface area (Å²) in [6.07, 6.45) is 9.01. The molecule has 5 rings (SSSR count). The molecule has 1 atom stereocenters. The summed E-state index contributed by atoms with van der Waals surface area (Å²) in [7, 11) is 0. The van der Waals surface area contributed by atoms with Gasteiger partial charge in [0.1, 0.15) is 5.82 Å². The highest BCUT2D eigenvalue weighted by Crippen LogP contribution is 2.38. The number of hydrogen-bond donors (Lipinski definition) is 0. The molecule has 0 unspecified atom stereocenters. The van der Waals surface area contributed by atoms with E-state index in [2.05, 4.69) is 9.97 Å². The zero-order chi connectivity index (χ0) is 22.0. The van der Waals surface area contributed by atoms with Gasteiger partial charge < -0.3 is 18.8 Å². The van der Waals surface area contributed by atoms with Gasteiger partial charge in [-0.05, 0) is 25.3 Å². The van der Waals surface area contributed by atoms with E-state index in [1.165, 1.54) is 6.07 Å². The Kier molecular flexibility index (Phi) is 5.89. The van der Waals surface area contributed by atoms with E-state index in [1.807, 2.05) is 21.7 Å². The van der Waals surface area contributed by atoms with Crippen molar-refractivity contribution in [1.29, 1.82) is 0 Å². The molecular weight excluding hydrogens is 411 g/mol. The highest BCUT2D eigenvalue weighted by atomic mass is 19.1. The number of nitrogens with zero attached hydrogens (tertiary/aromatic N) is 4. The normalized spacial score (nSPS) is 21.4. The smallest absolute Gasteiger partial charge is 0.233 e. The molecule has 168 valence electrons. The van der Waals surface area contributed by atoms with Crippen LogP contribution in [-0.4, -0.2) is 64.7 Å². The van der Waals surface area contributed by atoms with Gasteiger partial charge in [0, 0.05) is 56.4 Å². The van der Waals surface area contributed by atoms with Gasteiger partial charge in [0.25, 0.3) is 0 Å². The molecule has 0 bridgehead atoms. The van der Waals surface area contributed by atoms with Crippen LogP contribution in [0.15, 0.2) is 49.1 Å². The third-order valence-electron chi connectivity index (χ3n) is 6.60. The maximum absolute atomic E-state index is 14.8. The average Bonchev–Trinajstić information content (AvgIpc) is 3.16. The molecule has 2 aromatic heterocycles. The molecule has 0 saturated carbocycles. The minimum Gasteiger partial charge on any atom is -0.381 e. The zero-order valence-corrected chi connectivity index (χ0v) is 18.0.